The Labute approximate surface area is 263 Å². The maximum atomic E-state index is 2.45. The van der Waals surface area contributed by atoms with E-state index < -0.39 is 8.07 Å². The van der Waals surface area contributed by atoms with Crippen LogP contribution in [0, 0.1) is 0 Å². The monoisotopic (exact) mass is 584 g/mol. The first kappa shape index (κ1) is 32.5. The van der Waals surface area contributed by atoms with Gasteiger partial charge < -0.3 is 0 Å². The van der Waals surface area contributed by atoms with Crippen LogP contribution in [0.4, 0.5) is 0 Å². The van der Waals surface area contributed by atoms with E-state index in [1.165, 1.54) is 108 Å². The summed E-state index contributed by atoms with van der Waals surface area (Å²) in [5, 5.41) is 2.94. The fourth-order valence-corrected chi connectivity index (χ4v) is 8.01. The van der Waals surface area contributed by atoms with Crippen molar-refractivity contribution < 1.29 is 0 Å². The smallest absolute Gasteiger partial charge is 0.0654 e. The van der Waals surface area contributed by atoms with Crippen molar-refractivity contribution in [3.63, 3.8) is 0 Å². The van der Waals surface area contributed by atoms with Crippen LogP contribution in [0.5, 0.6) is 0 Å². The van der Waals surface area contributed by atoms with Gasteiger partial charge in [-0.15, -0.1) is 0 Å². The molecule has 4 aromatic rings. The molecule has 0 radical (unpaired) electrons. The molecular weight excluding hydrogens is 533 g/mol. The Hall–Kier alpha value is -3.42. The maximum absolute atomic E-state index is 2.45. The van der Waals surface area contributed by atoms with Crippen molar-refractivity contribution in [1.29, 1.82) is 0 Å². The van der Waals surface area contributed by atoms with Crippen molar-refractivity contribution in [2.24, 2.45) is 0 Å². The summed E-state index contributed by atoms with van der Waals surface area (Å²) in [6.45, 7) is 9.45. The molecule has 0 saturated carbocycles. The average molecular weight is 585 g/mol. The van der Waals surface area contributed by atoms with E-state index in [1.54, 1.807) is 0 Å². The first-order valence-corrected chi connectivity index (χ1v) is 19.7. The second-order valence-electron chi connectivity index (χ2n) is 12.6. The van der Waals surface area contributed by atoms with Crippen LogP contribution < -0.4 is 10.4 Å². The highest BCUT2D eigenvalue weighted by Gasteiger charge is 2.25. The van der Waals surface area contributed by atoms with Crippen molar-refractivity contribution in [3.8, 4) is 0 Å². The summed E-state index contributed by atoms with van der Waals surface area (Å²) in [5.41, 5.74) is 7.93. The number of benzene rings is 4. The second-order valence-corrected chi connectivity index (χ2v) is 17.0. The molecule has 0 N–H and O–H groups in total. The molecule has 0 saturated heterocycles. The van der Waals surface area contributed by atoms with Gasteiger partial charge in [-0.25, -0.2) is 0 Å². The third-order valence-corrected chi connectivity index (χ3v) is 12.4. The molecule has 0 aliphatic carbocycles. The van der Waals surface area contributed by atoms with Crippen LogP contribution in [-0.2, 0) is 12.8 Å². The predicted molar refractivity (Wildman–Crippen MR) is 196 cm³/mol. The summed E-state index contributed by atoms with van der Waals surface area (Å²) in [6.07, 6.45) is 21.9. The highest BCUT2D eigenvalue weighted by atomic mass is 28.3. The van der Waals surface area contributed by atoms with Crippen LogP contribution in [-0.4, -0.2) is 8.07 Å². The van der Waals surface area contributed by atoms with Crippen molar-refractivity contribution in [3.05, 3.63) is 130 Å². The van der Waals surface area contributed by atoms with Gasteiger partial charge in [0.15, 0.2) is 0 Å². The molecule has 0 aliphatic rings. The van der Waals surface area contributed by atoms with Gasteiger partial charge in [-0.1, -0.05) is 197 Å². The lowest BCUT2D eigenvalue weighted by Crippen LogP contribution is -2.52. The van der Waals surface area contributed by atoms with Crippen LogP contribution in [0.2, 0.25) is 13.1 Å². The van der Waals surface area contributed by atoms with E-state index in [1.807, 2.05) is 0 Å². The van der Waals surface area contributed by atoms with Gasteiger partial charge in [0.2, 0.25) is 0 Å². The van der Waals surface area contributed by atoms with Crippen LogP contribution in [0.25, 0.3) is 24.3 Å². The van der Waals surface area contributed by atoms with E-state index in [0.717, 1.165) is 0 Å². The summed E-state index contributed by atoms with van der Waals surface area (Å²) in [7, 11) is -1.77. The van der Waals surface area contributed by atoms with Gasteiger partial charge >= 0.3 is 0 Å². The number of rotatable bonds is 16. The largest absolute Gasteiger partial charge is 0.112 e. The molecule has 0 aromatic heterocycles. The normalized spacial score (nSPS) is 12.0. The highest BCUT2D eigenvalue weighted by Crippen LogP contribution is 2.15. The molecule has 0 unspecified atom stereocenters. The Bertz CT molecular complexity index is 1290. The summed E-state index contributed by atoms with van der Waals surface area (Å²) in [4.78, 5) is 0. The quantitative estimate of drug-likeness (QED) is 0.0698. The van der Waals surface area contributed by atoms with Gasteiger partial charge in [-0.2, -0.15) is 0 Å². The molecule has 0 aliphatic heterocycles. The molecule has 224 valence electrons. The van der Waals surface area contributed by atoms with Crippen LogP contribution >= 0.6 is 0 Å². The Morgan fingerprint density at radius 2 is 0.698 bits per heavy atom. The second kappa shape index (κ2) is 17.0. The Balaban J connectivity index is 1.31. The molecule has 0 spiro atoms. The van der Waals surface area contributed by atoms with Gasteiger partial charge in [-0.3, -0.25) is 0 Å². The van der Waals surface area contributed by atoms with E-state index in [-0.39, 0.29) is 0 Å². The van der Waals surface area contributed by atoms with Crippen LogP contribution in [0.1, 0.15) is 98.6 Å². The van der Waals surface area contributed by atoms with Gasteiger partial charge in [0, 0.05) is 0 Å². The molecule has 0 fully saturated rings. The third kappa shape index (κ3) is 10.4. The summed E-state index contributed by atoms with van der Waals surface area (Å²) >= 11 is 0. The minimum atomic E-state index is -1.77. The lowest BCUT2D eigenvalue weighted by molar-refractivity contribution is 0.667. The van der Waals surface area contributed by atoms with E-state index in [4.69, 9.17) is 0 Å². The van der Waals surface area contributed by atoms with Crippen molar-refractivity contribution >= 4 is 42.8 Å². The molecule has 0 bridgehead atoms. The van der Waals surface area contributed by atoms with Crippen molar-refractivity contribution in [2.45, 2.75) is 91.1 Å². The van der Waals surface area contributed by atoms with E-state index in [2.05, 4.69) is 148 Å². The minimum absolute atomic E-state index is 1.19. The van der Waals surface area contributed by atoms with Crippen molar-refractivity contribution in [2.75, 3.05) is 0 Å². The highest BCUT2D eigenvalue weighted by molar-refractivity contribution is 7.00. The fraction of sp³-hybridized carbons (Fsp3) is 0.333. The topological polar surface area (TPSA) is 0 Å². The average Bonchev–Trinajstić information content (AvgIpc) is 3.05. The Kier molecular flexibility index (Phi) is 12.9. The fourth-order valence-electron chi connectivity index (χ4n) is 5.68. The number of hydrogen-bond acceptors (Lipinski definition) is 0. The molecule has 43 heavy (non-hydrogen) atoms. The van der Waals surface area contributed by atoms with Gasteiger partial charge in [0.05, 0.1) is 0 Å². The van der Waals surface area contributed by atoms with Gasteiger partial charge in [0.1, 0.15) is 8.07 Å². The Morgan fingerprint density at radius 1 is 0.395 bits per heavy atom. The number of aryl methyl sites for hydroxylation is 2. The van der Waals surface area contributed by atoms with Gasteiger partial charge in [0.25, 0.3) is 0 Å². The summed E-state index contributed by atoms with van der Waals surface area (Å²) in [5.74, 6) is 0. The van der Waals surface area contributed by atoms with Crippen LogP contribution in [0.15, 0.2) is 97.1 Å². The zero-order valence-electron chi connectivity index (χ0n) is 27.1. The molecule has 0 amide bonds. The van der Waals surface area contributed by atoms with Crippen LogP contribution in [0.3, 0.4) is 0 Å². The molecule has 4 aromatic carbocycles. The van der Waals surface area contributed by atoms with Crippen molar-refractivity contribution in [1.82, 2.24) is 0 Å². The Morgan fingerprint density at radius 3 is 1.00 bits per heavy atom. The lowest BCUT2D eigenvalue weighted by Gasteiger charge is -2.24. The molecule has 0 atom stereocenters. The van der Waals surface area contributed by atoms with E-state index in [0.29, 0.717) is 0 Å². The summed E-state index contributed by atoms with van der Waals surface area (Å²) < 4.78 is 0. The molecule has 4 rings (SSSR count). The molecule has 0 nitrogen and oxygen atoms in total. The standard InChI is InChI=1S/C42H52Si/c1-5-7-9-11-13-35-15-19-37(20-16-35)23-25-39-27-31-41(32-28-39)43(3,4)42-33-29-40(30-34-42)26-24-38-21-17-36(18-22-38)14-12-10-8-6-2/h15-34H,5-14H2,1-4H3. The summed E-state index contributed by atoms with van der Waals surface area (Å²) in [6, 6.07) is 36.6. The van der Waals surface area contributed by atoms with E-state index in [9.17, 15) is 0 Å². The number of hydrogen-bond donors (Lipinski definition) is 0. The molecular formula is C42H52Si. The zero-order valence-corrected chi connectivity index (χ0v) is 28.1. The SMILES string of the molecule is CCCCCCc1ccc(C=Cc2ccc([Si](C)(C)c3ccc(C=Cc4ccc(CCCCCC)cc4)cc3)cc2)cc1. The first-order valence-electron chi connectivity index (χ1n) is 16.7. The lowest BCUT2D eigenvalue weighted by atomic mass is 10.0. The van der Waals surface area contributed by atoms with Gasteiger partial charge in [-0.05, 0) is 59.1 Å². The molecule has 0 heterocycles. The van der Waals surface area contributed by atoms with E-state index >= 15 is 0 Å². The number of unbranched alkanes of at least 4 members (excludes halogenated alkanes) is 6. The maximum Gasteiger partial charge on any atom is 0.112 e. The minimum Gasteiger partial charge on any atom is -0.0654 e. The first-order chi connectivity index (χ1) is 21.0. The molecule has 1 heteroatoms. The zero-order chi connectivity index (χ0) is 30.3. The predicted octanol–water partition coefficient (Wildman–Crippen LogP) is 11.1. The third-order valence-electron chi connectivity index (χ3n) is 8.80.